The van der Waals surface area contributed by atoms with Crippen molar-refractivity contribution in [1.82, 2.24) is 4.98 Å². The van der Waals surface area contributed by atoms with E-state index in [0.29, 0.717) is 11.1 Å². The summed E-state index contributed by atoms with van der Waals surface area (Å²) in [4.78, 5) is 13.8. The van der Waals surface area contributed by atoms with Gasteiger partial charge in [0.1, 0.15) is 12.0 Å². The lowest BCUT2D eigenvalue weighted by atomic mass is 9.91. The first kappa shape index (κ1) is 12.4. The highest BCUT2D eigenvalue weighted by atomic mass is 19.3. The quantitative estimate of drug-likeness (QED) is 0.650. The van der Waals surface area contributed by atoms with Gasteiger partial charge in [-0.25, -0.2) is 13.8 Å². The lowest BCUT2D eigenvalue weighted by Crippen LogP contribution is -2.18. The highest BCUT2D eigenvalue weighted by Gasteiger charge is 2.31. The molecule has 18 heavy (non-hydrogen) atoms. The summed E-state index contributed by atoms with van der Waals surface area (Å²) in [6.07, 6.45) is 1.92. The molecule has 0 spiro atoms. The lowest BCUT2D eigenvalue weighted by Gasteiger charge is -2.21. The van der Waals surface area contributed by atoms with Crippen molar-refractivity contribution in [3.8, 4) is 0 Å². The Bertz CT molecular complexity index is 529. The third-order valence-electron chi connectivity index (χ3n) is 2.87. The molecule has 0 saturated carbocycles. The van der Waals surface area contributed by atoms with Crippen LogP contribution in [0.5, 0.6) is 0 Å². The Balaban J connectivity index is 2.37. The molecule has 0 unspecified atom stereocenters. The largest absolute Gasteiger partial charge is 0.383 e. The zero-order valence-electron chi connectivity index (χ0n) is 9.40. The minimum Gasteiger partial charge on any atom is -0.383 e. The number of rotatable bonds is 2. The van der Waals surface area contributed by atoms with Crippen molar-refractivity contribution in [3.05, 3.63) is 34.0 Å². The van der Waals surface area contributed by atoms with E-state index < -0.39 is 10.8 Å². The zero-order valence-corrected chi connectivity index (χ0v) is 9.40. The Hall–Kier alpha value is -2.05. The molecule has 0 aromatic carbocycles. The van der Waals surface area contributed by atoms with Crippen molar-refractivity contribution < 1.29 is 13.7 Å². The topological polar surface area (TPSA) is 82.0 Å². The highest BCUT2D eigenvalue weighted by molar-refractivity contribution is 5.75. The summed E-state index contributed by atoms with van der Waals surface area (Å²) in [5, 5.41) is 10.6. The van der Waals surface area contributed by atoms with Gasteiger partial charge in [0.15, 0.2) is 0 Å². The molecule has 0 radical (unpaired) electrons. The van der Waals surface area contributed by atoms with Crippen LogP contribution in [0.4, 0.5) is 20.3 Å². The maximum Gasteiger partial charge on any atom is 0.288 e. The number of allylic oxidation sites excluding steroid dienone is 2. The molecular formula is C11H11F2N3O2. The van der Waals surface area contributed by atoms with Gasteiger partial charge < -0.3 is 5.73 Å². The molecule has 0 fully saturated rings. The molecule has 2 rings (SSSR count). The Morgan fingerprint density at radius 1 is 1.50 bits per heavy atom. The second kappa shape index (κ2) is 4.32. The maximum atomic E-state index is 13.0. The van der Waals surface area contributed by atoms with Crippen molar-refractivity contribution in [1.29, 1.82) is 0 Å². The van der Waals surface area contributed by atoms with E-state index in [0.717, 1.165) is 6.20 Å². The van der Waals surface area contributed by atoms with Crippen molar-refractivity contribution >= 4 is 17.1 Å². The van der Waals surface area contributed by atoms with Crippen LogP contribution in [0.25, 0.3) is 5.57 Å². The number of halogens is 2. The van der Waals surface area contributed by atoms with Crippen LogP contribution < -0.4 is 5.73 Å². The van der Waals surface area contributed by atoms with E-state index in [2.05, 4.69) is 4.98 Å². The lowest BCUT2D eigenvalue weighted by molar-refractivity contribution is -0.385. The van der Waals surface area contributed by atoms with Crippen LogP contribution in [0.2, 0.25) is 0 Å². The van der Waals surface area contributed by atoms with Gasteiger partial charge in [0, 0.05) is 24.5 Å². The first-order valence-electron chi connectivity index (χ1n) is 5.36. The average Bonchev–Trinajstić information content (AvgIpc) is 2.30. The molecule has 0 saturated heterocycles. The summed E-state index contributed by atoms with van der Waals surface area (Å²) < 4.78 is 26.0. The van der Waals surface area contributed by atoms with E-state index in [1.807, 2.05) is 0 Å². The average molecular weight is 255 g/mol. The fourth-order valence-corrected chi connectivity index (χ4v) is 1.86. The zero-order chi connectivity index (χ0) is 13.3. The smallest absolute Gasteiger partial charge is 0.288 e. The number of hydrogen-bond acceptors (Lipinski definition) is 4. The Morgan fingerprint density at radius 3 is 2.78 bits per heavy atom. The summed E-state index contributed by atoms with van der Waals surface area (Å²) in [5.74, 6) is -2.58. The summed E-state index contributed by atoms with van der Waals surface area (Å²) in [7, 11) is 0. The molecule has 1 aromatic heterocycles. The molecule has 1 heterocycles. The first-order chi connectivity index (χ1) is 8.39. The van der Waals surface area contributed by atoms with Gasteiger partial charge in [-0.2, -0.15) is 0 Å². The van der Waals surface area contributed by atoms with E-state index in [-0.39, 0.29) is 30.8 Å². The first-order valence-corrected chi connectivity index (χ1v) is 5.36. The number of aromatic nitrogens is 1. The summed E-state index contributed by atoms with van der Waals surface area (Å²) in [5.41, 5.74) is 6.40. The molecule has 0 amide bonds. The molecule has 5 nitrogen and oxygen atoms in total. The van der Waals surface area contributed by atoms with E-state index in [4.69, 9.17) is 5.73 Å². The normalized spacial score (nSPS) is 18.2. The standard InChI is InChI=1S/C11H11F2N3O2/c12-11(13)3-1-7(2-4-11)9-5-8(16(17)18)6-15-10(9)14/h1,5-6H,2-4H2,(H2,14,15). The fraction of sp³-hybridized carbons (Fsp3) is 0.364. The number of nitro groups is 1. The Kier molecular flexibility index (Phi) is 2.98. The fourth-order valence-electron chi connectivity index (χ4n) is 1.86. The van der Waals surface area contributed by atoms with Gasteiger partial charge in [-0.3, -0.25) is 10.1 Å². The third kappa shape index (κ3) is 2.44. The number of anilines is 1. The van der Waals surface area contributed by atoms with Gasteiger partial charge in [-0.15, -0.1) is 0 Å². The Morgan fingerprint density at radius 2 is 2.22 bits per heavy atom. The molecule has 1 aliphatic carbocycles. The SMILES string of the molecule is Nc1ncc([N+](=O)[O-])cc1C1=CCC(F)(F)CC1. The number of nitrogens with two attached hydrogens (primary N) is 1. The van der Waals surface area contributed by atoms with Crippen LogP contribution in [-0.4, -0.2) is 15.8 Å². The van der Waals surface area contributed by atoms with Crippen molar-refractivity contribution in [2.75, 3.05) is 5.73 Å². The summed E-state index contributed by atoms with van der Waals surface area (Å²) in [6.45, 7) is 0. The predicted octanol–water partition coefficient (Wildman–Crippen LogP) is 2.77. The second-order valence-corrected chi connectivity index (χ2v) is 4.17. The van der Waals surface area contributed by atoms with Gasteiger partial charge >= 0.3 is 0 Å². The number of nitrogen functional groups attached to an aromatic ring is 1. The molecule has 96 valence electrons. The Labute approximate surface area is 101 Å². The van der Waals surface area contributed by atoms with Crippen LogP contribution in [0, 0.1) is 10.1 Å². The number of hydrogen-bond donors (Lipinski definition) is 1. The van der Waals surface area contributed by atoms with Gasteiger partial charge in [0.2, 0.25) is 0 Å². The number of nitrogens with zero attached hydrogens (tertiary/aromatic N) is 2. The van der Waals surface area contributed by atoms with Crippen LogP contribution in [0.3, 0.4) is 0 Å². The van der Waals surface area contributed by atoms with Gasteiger partial charge in [0.25, 0.3) is 11.6 Å². The van der Waals surface area contributed by atoms with E-state index in [1.165, 1.54) is 12.1 Å². The third-order valence-corrected chi connectivity index (χ3v) is 2.87. The van der Waals surface area contributed by atoms with Crippen LogP contribution in [0.1, 0.15) is 24.8 Å². The monoisotopic (exact) mass is 255 g/mol. The van der Waals surface area contributed by atoms with Crippen molar-refractivity contribution in [2.45, 2.75) is 25.2 Å². The van der Waals surface area contributed by atoms with E-state index in [9.17, 15) is 18.9 Å². The summed E-state index contributed by atoms with van der Waals surface area (Å²) in [6, 6.07) is 1.28. The van der Waals surface area contributed by atoms with Crippen LogP contribution in [0.15, 0.2) is 18.3 Å². The molecule has 0 bridgehead atoms. The molecule has 1 aromatic rings. The minimum absolute atomic E-state index is 0.122. The van der Waals surface area contributed by atoms with Crippen molar-refractivity contribution in [2.24, 2.45) is 0 Å². The molecule has 0 aliphatic heterocycles. The minimum atomic E-state index is -2.70. The van der Waals surface area contributed by atoms with Gasteiger partial charge in [0.05, 0.1) is 4.92 Å². The van der Waals surface area contributed by atoms with Crippen LogP contribution >= 0.6 is 0 Å². The molecule has 7 heteroatoms. The van der Waals surface area contributed by atoms with E-state index >= 15 is 0 Å². The highest BCUT2D eigenvalue weighted by Crippen LogP contribution is 2.38. The molecular weight excluding hydrogens is 244 g/mol. The number of alkyl halides is 2. The van der Waals surface area contributed by atoms with Gasteiger partial charge in [-0.05, 0) is 12.0 Å². The summed E-state index contributed by atoms with van der Waals surface area (Å²) >= 11 is 0. The van der Waals surface area contributed by atoms with Crippen molar-refractivity contribution in [3.63, 3.8) is 0 Å². The maximum absolute atomic E-state index is 13.0. The molecule has 0 atom stereocenters. The predicted molar refractivity (Wildman–Crippen MR) is 62.1 cm³/mol. The second-order valence-electron chi connectivity index (χ2n) is 4.17. The molecule has 2 N–H and O–H groups in total. The van der Waals surface area contributed by atoms with Gasteiger partial charge in [-0.1, -0.05) is 6.08 Å². The molecule has 1 aliphatic rings. The number of pyridine rings is 1. The van der Waals surface area contributed by atoms with Crippen LogP contribution in [-0.2, 0) is 0 Å². The van der Waals surface area contributed by atoms with E-state index in [1.54, 1.807) is 0 Å².